The normalized spacial score (nSPS) is 17.6. The smallest absolute Gasteiger partial charge is 0.495 e. The van der Waals surface area contributed by atoms with E-state index in [2.05, 4.69) is 32.2 Å². The predicted octanol–water partition coefficient (Wildman–Crippen LogP) is 4.97. The fourth-order valence-corrected chi connectivity index (χ4v) is 4.13. The van der Waals surface area contributed by atoms with Crippen LogP contribution in [-0.2, 0) is 4.74 Å². The lowest BCUT2D eigenvalue weighted by atomic mass is 9.93. The van der Waals surface area contributed by atoms with Gasteiger partial charge in [0.15, 0.2) is 0 Å². The lowest BCUT2D eigenvalue weighted by Gasteiger charge is -2.30. The van der Waals surface area contributed by atoms with E-state index in [0.29, 0.717) is 19.4 Å². The molecule has 0 bridgehead atoms. The van der Waals surface area contributed by atoms with Gasteiger partial charge >= 0.3 is 12.4 Å². The Morgan fingerprint density at radius 3 is 2.51 bits per heavy atom. The van der Waals surface area contributed by atoms with Gasteiger partial charge in [0, 0.05) is 44.6 Å². The van der Waals surface area contributed by atoms with Gasteiger partial charge < -0.3 is 34.5 Å². The van der Waals surface area contributed by atoms with Crippen molar-refractivity contribution in [3.8, 4) is 17.2 Å². The summed E-state index contributed by atoms with van der Waals surface area (Å²) in [6.45, 7) is 4.18. The number of nitrogens with zero attached hydrogens (tertiary/aromatic N) is 2. The number of urea groups is 1. The summed E-state index contributed by atoms with van der Waals surface area (Å²) in [4.78, 5) is 19.1. The van der Waals surface area contributed by atoms with Crippen molar-refractivity contribution in [1.29, 1.82) is 0 Å². The minimum absolute atomic E-state index is 0.00158. The number of alkyl halides is 3. The second-order valence-corrected chi connectivity index (χ2v) is 8.52. The molecule has 204 valence electrons. The van der Waals surface area contributed by atoms with Crippen molar-refractivity contribution >= 4 is 17.5 Å². The van der Waals surface area contributed by atoms with Crippen LogP contribution in [0.25, 0.3) is 0 Å². The van der Waals surface area contributed by atoms with E-state index < -0.39 is 18.1 Å². The number of aromatic nitrogens is 1. The van der Waals surface area contributed by atoms with Crippen LogP contribution in [0.5, 0.6) is 17.2 Å². The number of likely N-dealkylation sites (N-methyl/N-ethyl adjacent to an activating group) is 1. The first-order valence-corrected chi connectivity index (χ1v) is 12.1. The van der Waals surface area contributed by atoms with Gasteiger partial charge in [0.1, 0.15) is 23.1 Å². The zero-order chi connectivity index (χ0) is 26.8. The molecule has 1 aliphatic rings. The Hall–Kier alpha value is -3.41. The number of anilines is 2. The molecule has 3 rings (SSSR count). The van der Waals surface area contributed by atoms with Gasteiger partial charge in [-0.1, -0.05) is 0 Å². The first-order valence-electron chi connectivity index (χ1n) is 12.1. The van der Waals surface area contributed by atoms with Crippen LogP contribution in [0.4, 0.5) is 29.5 Å². The van der Waals surface area contributed by atoms with Crippen LogP contribution >= 0.6 is 0 Å². The van der Waals surface area contributed by atoms with Crippen molar-refractivity contribution in [3.63, 3.8) is 0 Å². The van der Waals surface area contributed by atoms with E-state index in [1.165, 1.54) is 13.2 Å². The van der Waals surface area contributed by atoms with E-state index in [1.807, 2.05) is 12.1 Å². The molecule has 2 N–H and O–H groups in total. The summed E-state index contributed by atoms with van der Waals surface area (Å²) < 4.78 is 58.0. The number of pyridine rings is 1. The highest BCUT2D eigenvalue weighted by molar-refractivity contribution is 5.91. The molecule has 1 heterocycles. The quantitative estimate of drug-likeness (QED) is 0.427. The molecule has 1 aromatic heterocycles. The lowest BCUT2D eigenvalue weighted by molar-refractivity contribution is -0.274. The molecule has 0 radical (unpaired) electrons. The first-order chi connectivity index (χ1) is 17.7. The van der Waals surface area contributed by atoms with Gasteiger partial charge in [-0.25, -0.2) is 9.78 Å². The Kier molecular flexibility index (Phi) is 10.1. The number of hydrogen-bond donors (Lipinski definition) is 2. The number of methoxy groups -OCH3 is 2. The third-order valence-electron chi connectivity index (χ3n) is 5.95. The van der Waals surface area contributed by atoms with Gasteiger partial charge in [-0.05, 0) is 50.8 Å². The number of carbonyl (C=O) groups excluding carboxylic acids is 1. The molecule has 0 saturated heterocycles. The highest BCUT2D eigenvalue weighted by Crippen LogP contribution is 2.32. The minimum Gasteiger partial charge on any atom is -0.495 e. The van der Waals surface area contributed by atoms with Crippen molar-refractivity contribution in [1.82, 2.24) is 10.3 Å². The molecule has 1 aliphatic carbocycles. The maximum Gasteiger partial charge on any atom is 0.573 e. The molecular weight excluding hydrogens is 493 g/mol. The molecule has 1 fully saturated rings. The number of carbonyl (C=O) groups is 1. The van der Waals surface area contributed by atoms with E-state index >= 15 is 0 Å². The topological polar surface area (TPSA) is 94.2 Å². The third kappa shape index (κ3) is 8.88. The van der Waals surface area contributed by atoms with Crippen LogP contribution in [0.3, 0.4) is 0 Å². The van der Waals surface area contributed by atoms with Gasteiger partial charge in [0.05, 0.1) is 25.5 Å². The molecule has 2 amide bonds. The molecule has 0 aliphatic heterocycles. The highest BCUT2D eigenvalue weighted by atomic mass is 19.4. The van der Waals surface area contributed by atoms with Gasteiger partial charge in [-0.3, -0.25) is 0 Å². The fourth-order valence-electron chi connectivity index (χ4n) is 4.13. The van der Waals surface area contributed by atoms with Crippen molar-refractivity contribution in [2.45, 2.75) is 51.1 Å². The molecule has 1 aromatic carbocycles. The molecule has 9 nitrogen and oxygen atoms in total. The second kappa shape index (κ2) is 13.2. The Balaban J connectivity index is 1.50. The van der Waals surface area contributed by atoms with Gasteiger partial charge in [0.25, 0.3) is 0 Å². The van der Waals surface area contributed by atoms with Gasteiger partial charge in [-0.2, -0.15) is 0 Å². The summed E-state index contributed by atoms with van der Waals surface area (Å²) in [6.07, 6.45) is -0.253. The molecular formula is C25H33F3N4O5. The van der Waals surface area contributed by atoms with E-state index in [0.717, 1.165) is 49.6 Å². The van der Waals surface area contributed by atoms with Gasteiger partial charge in [0.2, 0.25) is 0 Å². The zero-order valence-corrected chi connectivity index (χ0v) is 21.1. The maximum absolute atomic E-state index is 12.5. The van der Waals surface area contributed by atoms with Crippen molar-refractivity contribution in [2.24, 2.45) is 0 Å². The summed E-state index contributed by atoms with van der Waals surface area (Å²) >= 11 is 0. The molecule has 37 heavy (non-hydrogen) atoms. The van der Waals surface area contributed by atoms with E-state index in [1.54, 1.807) is 13.3 Å². The molecule has 12 heteroatoms. The standard InChI is InChI=1S/C25H33F3N4O5/c1-4-32(13-14-34-2)23-16-19(11-12-29-23)36-18-7-5-17(6-8-18)30-24(33)31-21-15-20(37-25(26,27)28)9-10-22(21)35-3/h9-12,15-18H,4-8,13-14H2,1-3H3,(H2,30,31,33). The van der Waals surface area contributed by atoms with Crippen molar-refractivity contribution < 1.29 is 36.9 Å². The van der Waals surface area contributed by atoms with Crippen LogP contribution in [-0.4, -0.2) is 63.4 Å². The van der Waals surface area contributed by atoms with Crippen molar-refractivity contribution in [3.05, 3.63) is 36.5 Å². The second-order valence-electron chi connectivity index (χ2n) is 8.52. The Bertz CT molecular complexity index is 1020. The average Bonchev–Trinajstić information content (AvgIpc) is 2.85. The SMILES string of the molecule is CCN(CCOC)c1cc(OC2CCC(NC(=O)Nc3cc(OC(F)(F)F)ccc3OC)CC2)ccn1. The third-order valence-corrected chi connectivity index (χ3v) is 5.95. The Labute approximate surface area is 214 Å². The lowest BCUT2D eigenvalue weighted by Crippen LogP contribution is -2.41. The molecule has 0 unspecified atom stereocenters. The van der Waals surface area contributed by atoms with Crippen LogP contribution in [0.15, 0.2) is 36.5 Å². The van der Waals surface area contributed by atoms with Crippen LogP contribution in [0.2, 0.25) is 0 Å². The number of rotatable bonds is 11. The number of benzene rings is 1. The molecule has 2 aromatic rings. The summed E-state index contributed by atoms with van der Waals surface area (Å²) in [7, 11) is 3.02. The molecule has 0 atom stereocenters. The summed E-state index contributed by atoms with van der Waals surface area (Å²) in [6, 6.07) is 6.58. The number of ether oxygens (including phenoxy) is 4. The number of nitrogens with one attached hydrogen (secondary N) is 2. The van der Waals surface area contributed by atoms with Crippen LogP contribution < -0.4 is 29.7 Å². The summed E-state index contributed by atoms with van der Waals surface area (Å²) in [5, 5.41) is 5.42. The summed E-state index contributed by atoms with van der Waals surface area (Å²) in [5.41, 5.74) is 0.0684. The first kappa shape index (κ1) is 28.2. The number of halogens is 3. The Morgan fingerprint density at radius 1 is 1.11 bits per heavy atom. The maximum atomic E-state index is 12.5. The minimum atomic E-state index is -4.84. The van der Waals surface area contributed by atoms with Crippen molar-refractivity contribution in [2.75, 3.05) is 44.1 Å². The van der Waals surface area contributed by atoms with Crippen LogP contribution in [0, 0.1) is 0 Å². The van der Waals surface area contributed by atoms with Crippen LogP contribution in [0.1, 0.15) is 32.6 Å². The largest absolute Gasteiger partial charge is 0.573 e. The molecule has 0 spiro atoms. The van der Waals surface area contributed by atoms with E-state index in [4.69, 9.17) is 14.2 Å². The van der Waals surface area contributed by atoms with E-state index in [-0.39, 0.29) is 23.6 Å². The monoisotopic (exact) mass is 526 g/mol. The summed E-state index contributed by atoms with van der Waals surface area (Å²) in [5.74, 6) is 1.32. The highest BCUT2D eigenvalue weighted by Gasteiger charge is 2.31. The fraction of sp³-hybridized carbons (Fsp3) is 0.520. The number of hydrogen-bond acceptors (Lipinski definition) is 7. The zero-order valence-electron chi connectivity index (χ0n) is 21.1. The number of amides is 2. The van der Waals surface area contributed by atoms with Gasteiger partial charge in [-0.15, -0.1) is 13.2 Å². The average molecular weight is 527 g/mol. The molecule has 1 saturated carbocycles. The van der Waals surface area contributed by atoms with E-state index in [9.17, 15) is 18.0 Å². The predicted molar refractivity (Wildman–Crippen MR) is 133 cm³/mol. The Morgan fingerprint density at radius 2 is 1.86 bits per heavy atom.